The van der Waals surface area contributed by atoms with Crippen LogP contribution >= 0.6 is 0 Å². The Bertz CT molecular complexity index is 293. The van der Waals surface area contributed by atoms with Crippen LogP contribution in [0.3, 0.4) is 0 Å². The first-order chi connectivity index (χ1) is 10.9. The van der Waals surface area contributed by atoms with E-state index in [9.17, 15) is 0 Å². The van der Waals surface area contributed by atoms with Crippen LogP contribution in [0.5, 0.6) is 0 Å². The summed E-state index contributed by atoms with van der Waals surface area (Å²) >= 11 is 0. The minimum absolute atomic E-state index is 0.00579. The third-order valence-corrected chi connectivity index (χ3v) is 11.1. The molecule has 0 amide bonds. The van der Waals surface area contributed by atoms with Crippen LogP contribution in [0.15, 0.2) is 0 Å². The maximum Gasteiger partial charge on any atom is 0.517 e. The normalized spacial score (nSPS) is 15.7. The van der Waals surface area contributed by atoms with Gasteiger partial charge < -0.3 is 27.4 Å². The Kier molecular flexibility index (Phi) is 11.8. The Morgan fingerprint density at radius 2 is 1.30 bits per heavy atom. The summed E-state index contributed by atoms with van der Waals surface area (Å²) in [5, 5.41) is 3.70. The van der Waals surface area contributed by atoms with Crippen molar-refractivity contribution < 1.29 is 22.1 Å². The lowest BCUT2D eigenvalue weighted by Crippen LogP contribution is -2.67. The zero-order chi connectivity index (χ0) is 17.9. The maximum absolute atomic E-state index is 5.79. The van der Waals surface area contributed by atoms with E-state index in [2.05, 4.69) is 25.7 Å². The van der Waals surface area contributed by atoms with Gasteiger partial charge in [-0.05, 0) is 19.4 Å². The molecular weight excluding hydrogens is 330 g/mol. The van der Waals surface area contributed by atoms with Crippen LogP contribution in [0.4, 0.5) is 0 Å². The van der Waals surface area contributed by atoms with Crippen LogP contribution in [0, 0.1) is 0 Å². The molecule has 0 fully saturated rings. The number of unbranched alkanes of at least 4 members (excludes halogenated alkanes) is 2. The summed E-state index contributed by atoms with van der Waals surface area (Å²) < 4.78 is 28.6. The standard InChI is InChI=1S/C15H37NO5Si2/c1-9-11-12-13-15(22(8,17-3)18-4)16-14(10-2)23(19-5,20-6)21-7/h14-16H,9-13H2,1-8H3. The van der Waals surface area contributed by atoms with Crippen molar-refractivity contribution in [3.8, 4) is 0 Å². The van der Waals surface area contributed by atoms with Gasteiger partial charge in [-0.15, -0.1) is 0 Å². The van der Waals surface area contributed by atoms with Crippen LogP contribution in [-0.4, -0.2) is 64.2 Å². The van der Waals surface area contributed by atoms with Gasteiger partial charge in [0.05, 0.1) is 11.3 Å². The van der Waals surface area contributed by atoms with Gasteiger partial charge in [-0.2, -0.15) is 0 Å². The Balaban J connectivity index is 5.29. The van der Waals surface area contributed by atoms with Gasteiger partial charge in [0.1, 0.15) is 0 Å². The third kappa shape index (κ3) is 6.20. The molecule has 0 aliphatic rings. The fourth-order valence-electron chi connectivity index (χ4n) is 2.85. The molecule has 0 aromatic heterocycles. The predicted molar refractivity (Wildman–Crippen MR) is 97.6 cm³/mol. The van der Waals surface area contributed by atoms with E-state index in [-0.39, 0.29) is 11.3 Å². The first-order valence-corrected chi connectivity index (χ1v) is 12.6. The molecule has 0 bridgehead atoms. The molecule has 0 saturated carbocycles. The molecule has 2 atom stereocenters. The molecule has 0 aliphatic carbocycles. The van der Waals surface area contributed by atoms with E-state index in [1.54, 1.807) is 35.5 Å². The number of hydrogen-bond acceptors (Lipinski definition) is 6. The van der Waals surface area contributed by atoms with Gasteiger partial charge in [0.2, 0.25) is 0 Å². The summed E-state index contributed by atoms with van der Waals surface area (Å²) in [6.07, 6.45) is 5.39. The largest absolute Gasteiger partial charge is 0.517 e. The highest BCUT2D eigenvalue weighted by molar-refractivity contribution is 6.68. The van der Waals surface area contributed by atoms with E-state index in [4.69, 9.17) is 22.1 Å². The predicted octanol–water partition coefficient (Wildman–Crippen LogP) is 2.62. The summed E-state index contributed by atoms with van der Waals surface area (Å²) in [4.78, 5) is 0. The Hall–Kier alpha value is 0.194. The lowest BCUT2D eigenvalue weighted by Gasteiger charge is -2.39. The average Bonchev–Trinajstić information content (AvgIpc) is 2.60. The van der Waals surface area contributed by atoms with Gasteiger partial charge in [0.15, 0.2) is 0 Å². The molecule has 0 aliphatic heterocycles. The zero-order valence-corrected chi connectivity index (χ0v) is 18.2. The molecule has 6 nitrogen and oxygen atoms in total. The molecule has 0 heterocycles. The van der Waals surface area contributed by atoms with Gasteiger partial charge in [0, 0.05) is 35.5 Å². The third-order valence-electron chi connectivity index (χ3n) is 4.63. The van der Waals surface area contributed by atoms with Crippen LogP contribution in [-0.2, 0) is 22.1 Å². The first-order valence-electron chi connectivity index (χ1n) is 8.45. The van der Waals surface area contributed by atoms with Gasteiger partial charge in [-0.1, -0.05) is 33.1 Å². The minimum Gasteiger partial charge on any atom is -0.397 e. The first kappa shape index (κ1) is 23.2. The lowest BCUT2D eigenvalue weighted by atomic mass is 10.2. The average molecular weight is 368 g/mol. The quantitative estimate of drug-likeness (QED) is 0.376. The second kappa shape index (κ2) is 11.7. The van der Waals surface area contributed by atoms with Crippen molar-refractivity contribution in [2.24, 2.45) is 0 Å². The molecule has 1 N–H and O–H groups in total. The van der Waals surface area contributed by atoms with Crippen molar-refractivity contribution in [1.82, 2.24) is 5.32 Å². The highest BCUT2D eigenvalue weighted by atomic mass is 28.4. The van der Waals surface area contributed by atoms with Crippen molar-refractivity contribution in [3.63, 3.8) is 0 Å². The van der Waals surface area contributed by atoms with Crippen molar-refractivity contribution >= 4 is 17.4 Å². The summed E-state index contributed by atoms with van der Waals surface area (Å²) in [5.41, 5.74) is 0.160. The minimum atomic E-state index is -2.76. The molecule has 0 rings (SSSR count). The molecule has 0 aromatic carbocycles. The van der Waals surface area contributed by atoms with E-state index < -0.39 is 17.4 Å². The smallest absolute Gasteiger partial charge is 0.397 e. The van der Waals surface area contributed by atoms with Crippen LogP contribution < -0.4 is 5.32 Å². The van der Waals surface area contributed by atoms with Crippen molar-refractivity contribution in [2.45, 2.75) is 63.8 Å². The molecule has 2 unspecified atom stereocenters. The summed E-state index contributed by atoms with van der Waals surface area (Å²) in [6.45, 7) is 6.41. The topological polar surface area (TPSA) is 58.2 Å². The molecule has 0 saturated heterocycles. The van der Waals surface area contributed by atoms with E-state index in [0.717, 1.165) is 19.3 Å². The van der Waals surface area contributed by atoms with Gasteiger partial charge in [-0.25, -0.2) is 0 Å². The fourth-order valence-corrected chi connectivity index (χ4v) is 7.25. The highest BCUT2D eigenvalue weighted by Crippen LogP contribution is 2.22. The number of nitrogens with one attached hydrogen (secondary N) is 1. The van der Waals surface area contributed by atoms with Crippen LogP contribution in [0.25, 0.3) is 0 Å². The second-order valence-corrected chi connectivity index (χ2v) is 12.5. The van der Waals surface area contributed by atoms with E-state index in [1.807, 2.05) is 0 Å². The Morgan fingerprint density at radius 1 is 0.783 bits per heavy atom. The lowest BCUT2D eigenvalue weighted by molar-refractivity contribution is 0.103. The molecule has 140 valence electrons. The molecule has 23 heavy (non-hydrogen) atoms. The van der Waals surface area contributed by atoms with Crippen LogP contribution in [0.1, 0.15) is 46.0 Å². The molecule has 8 heteroatoms. The second-order valence-electron chi connectivity index (χ2n) is 5.82. The van der Waals surface area contributed by atoms with Crippen molar-refractivity contribution in [2.75, 3.05) is 35.5 Å². The SMILES string of the molecule is CCCCCC(NC(CC)[Si](OC)(OC)OC)[Si](C)(OC)OC. The highest BCUT2D eigenvalue weighted by Gasteiger charge is 2.50. The fraction of sp³-hybridized carbons (Fsp3) is 1.00. The molecular formula is C15H37NO5Si2. The van der Waals surface area contributed by atoms with Crippen LogP contribution in [0.2, 0.25) is 6.55 Å². The van der Waals surface area contributed by atoms with Crippen molar-refractivity contribution in [3.05, 3.63) is 0 Å². The molecule has 0 spiro atoms. The Labute approximate surface area is 144 Å². The van der Waals surface area contributed by atoms with Gasteiger partial charge in [0.25, 0.3) is 0 Å². The summed E-state index contributed by atoms with van der Waals surface area (Å²) in [7, 11) is 3.34. The molecule has 0 aromatic rings. The van der Waals surface area contributed by atoms with E-state index >= 15 is 0 Å². The Morgan fingerprint density at radius 3 is 1.65 bits per heavy atom. The number of hydrogen-bond donors (Lipinski definition) is 1. The zero-order valence-electron chi connectivity index (χ0n) is 16.2. The molecule has 0 radical (unpaired) electrons. The maximum atomic E-state index is 5.79. The van der Waals surface area contributed by atoms with Gasteiger partial charge >= 0.3 is 17.4 Å². The monoisotopic (exact) mass is 367 g/mol. The summed E-state index contributed by atoms with van der Waals surface area (Å²) in [6, 6.07) is 0. The van der Waals surface area contributed by atoms with E-state index in [0.29, 0.717) is 0 Å². The van der Waals surface area contributed by atoms with Gasteiger partial charge in [-0.3, -0.25) is 0 Å². The van der Waals surface area contributed by atoms with Crippen molar-refractivity contribution in [1.29, 1.82) is 0 Å². The summed E-state index contributed by atoms with van der Waals surface area (Å²) in [5.74, 6) is 0. The number of rotatable bonds is 14. The van der Waals surface area contributed by atoms with E-state index in [1.165, 1.54) is 12.8 Å².